The Hall–Kier alpha value is -2.82. The summed E-state index contributed by atoms with van der Waals surface area (Å²) in [5.74, 6) is 0.691. The topological polar surface area (TPSA) is 58.6 Å². The summed E-state index contributed by atoms with van der Waals surface area (Å²) < 4.78 is 5.46. The van der Waals surface area contributed by atoms with Crippen molar-refractivity contribution in [3.63, 3.8) is 0 Å². The number of ether oxygens (including phenoxy) is 1. The standard InChI is InChI=1S/C26H32N2O3/c1-31-24-14-13-23(21-11-5-6-12-22(21)24)26(30)28-17-7-10-20(18-28)25(29)27-16-15-19-8-3-2-4-9-19/h5-6,8,11-14,20H,2-4,7,9-10,15-18H2,1H3,(H,27,29). The number of amides is 2. The number of carbonyl (C=O) groups is 2. The van der Waals surface area contributed by atoms with Crippen molar-refractivity contribution in [2.75, 3.05) is 26.7 Å². The van der Waals surface area contributed by atoms with Crippen LogP contribution in [0.3, 0.4) is 0 Å². The van der Waals surface area contributed by atoms with E-state index in [-0.39, 0.29) is 17.7 Å². The van der Waals surface area contributed by atoms with Crippen LogP contribution >= 0.6 is 0 Å². The molecule has 2 aromatic rings. The van der Waals surface area contributed by atoms with Crippen LogP contribution in [-0.2, 0) is 4.79 Å². The van der Waals surface area contributed by atoms with Gasteiger partial charge in [0, 0.05) is 30.6 Å². The van der Waals surface area contributed by atoms with Crippen LogP contribution in [0.5, 0.6) is 5.75 Å². The van der Waals surface area contributed by atoms with E-state index in [0.29, 0.717) is 25.2 Å². The van der Waals surface area contributed by atoms with E-state index >= 15 is 0 Å². The Morgan fingerprint density at radius 3 is 2.71 bits per heavy atom. The Morgan fingerprint density at radius 1 is 1.10 bits per heavy atom. The van der Waals surface area contributed by atoms with Gasteiger partial charge in [-0.3, -0.25) is 9.59 Å². The van der Waals surface area contributed by atoms with Gasteiger partial charge in [-0.1, -0.05) is 35.9 Å². The van der Waals surface area contributed by atoms with Crippen LogP contribution < -0.4 is 10.1 Å². The van der Waals surface area contributed by atoms with E-state index < -0.39 is 0 Å². The minimum atomic E-state index is -0.137. The number of hydrogen-bond acceptors (Lipinski definition) is 3. The fourth-order valence-electron chi connectivity index (χ4n) is 4.80. The van der Waals surface area contributed by atoms with E-state index in [1.807, 2.05) is 41.3 Å². The van der Waals surface area contributed by atoms with Crippen molar-refractivity contribution in [2.45, 2.75) is 44.9 Å². The number of nitrogens with one attached hydrogen (secondary N) is 1. The highest BCUT2D eigenvalue weighted by atomic mass is 16.5. The molecule has 1 unspecified atom stereocenters. The number of rotatable bonds is 6. The second-order valence-electron chi connectivity index (χ2n) is 8.60. The summed E-state index contributed by atoms with van der Waals surface area (Å²) in [6.07, 6.45) is 9.84. The van der Waals surface area contributed by atoms with Gasteiger partial charge in [0.2, 0.25) is 5.91 Å². The maximum Gasteiger partial charge on any atom is 0.254 e. The van der Waals surface area contributed by atoms with Crippen molar-refractivity contribution >= 4 is 22.6 Å². The van der Waals surface area contributed by atoms with Gasteiger partial charge in [-0.2, -0.15) is 0 Å². The number of carbonyl (C=O) groups excluding carboxylic acids is 2. The fraction of sp³-hybridized carbons (Fsp3) is 0.462. The maximum absolute atomic E-state index is 13.3. The van der Waals surface area contributed by atoms with Gasteiger partial charge < -0.3 is 15.0 Å². The zero-order valence-electron chi connectivity index (χ0n) is 18.4. The predicted octanol–water partition coefficient (Wildman–Crippen LogP) is 4.71. The summed E-state index contributed by atoms with van der Waals surface area (Å²) in [5.41, 5.74) is 2.14. The molecule has 31 heavy (non-hydrogen) atoms. The van der Waals surface area contributed by atoms with E-state index in [2.05, 4.69) is 11.4 Å². The van der Waals surface area contributed by atoms with Crippen LogP contribution in [0.15, 0.2) is 48.0 Å². The SMILES string of the molecule is COc1ccc(C(=O)N2CCCC(C(=O)NCCC3=CCCCC3)C2)c2ccccc12. The highest BCUT2D eigenvalue weighted by molar-refractivity contribution is 6.08. The lowest BCUT2D eigenvalue weighted by atomic mass is 9.95. The largest absolute Gasteiger partial charge is 0.496 e. The molecule has 5 heteroatoms. The van der Waals surface area contributed by atoms with Crippen molar-refractivity contribution in [3.05, 3.63) is 53.6 Å². The Balaban J connectivity index is 1.40. The number of fused-ring (bicyclic) bond motifs is 1. The molecule has 164 valence electrons. The van der Waals surface area contributed by atoms with Crippen molar-refractivity contribution in [2.24, 2.45) is 5.92 Å². The monoisotopic (exact) mass is 420 g/mol. The molecule has 4 rings (SSSR count). The van der Waals surface area contributed by atoms with Crippen LogP contribution in [-0.4, -0.2) is 43.5 Å². The molecule has 0 saturated carbocycles. The molecule has 5 nitrogen and oxygen atoms in total. The van der Waals surface area contributed by atoms with Gasteiger partial charge in [0.05, 0.1) is 13.0 Å². The van der Waals surface area contributed by atoms with Crippen LogP contribution in [0.1, 0.15) is 55.3 Å². The van der Waals surface area contributed by atoms with Gasteiger partial charge in [0.15, 0.2) is 0 Å². The molecule has 1 N–H and O–H groups in total. The van der Waals surface area contributed by atoms with Crippen LogP contribution in [0.4, 0.5) is 0 Å². The molecular formula is C26H32N2O3. The number of allylic oxidation sites excluding steroid dienone is 1. The first kappa shape index (κ1) is 21.4. The molecule has 1 saturated heterocycles. The first-order valence-corrected chi connectivity index (χ1v) is 11.5. The van der Waals surface area contributed by atoms with Gasteiger partial charge >= 0.3 is 0 Å². The van der Waals surface area contributed by atoms with E-state index in [1.165, 1.54) is 24.8 Å². The number of likely N-dealkylation sites (tertiary alicyclic amines) is 1. The molecule has 2 amide bonds. The molecule has 0 radical (unpaired) electrons. The Morgan fingerprint density at radius 2 is 1.94 bits per heavy atom. The minimum absolute atomic E-state index is 0.0104. The van der Waals surface area contributed by atoms with Crippen LogP contribution in [0.25, 0.3) is 10.8 Å². The molecular weight excluding hydrogens is 388 g/mol. The first-order valence-electron chi connectivity index (χ1n) is 11.5. The Bertz CT molecular complexity index is 982. The average molecular weight is 421 g/mol. The van der Waals surface area contributed by atoms with Crippen molar-refractivity contribution in [1.29, 1.82) is 0 Å². The quantitative estimate of drug-likeness (QED) is 0.689. The molecule has 0 aromatic heterocycles. The van der Waals surface area contributed by atoms with Crippen molar-refractivity contribution in [3.8, 4) is 5.75 Å². The molecule has 1 aliphatic heterocycles. The lowest BCUT2D eigenvalue weighted by molar-refractivity contribution is -0.126. The van der Waals surface area contributed by atoms with E-state index in [9.17, 15) is 9.59 Å². The molecule has 1 atom stereocenters. The first-order chi connectivity index (χ1) is 15.2. The summed E-state index contributed by atoms with van der Waals surface area (Å²) in [6.45, 7) is 1.86. The summed E-state index contributed by atoms with van der Waals surface area (Å²) in [7, 11) is 1.64. The highest BCUT2D eigenvalue weighted by Crippen LogP contribution is 2.30. The van der Waals surface area contributed by atoms with Crippen LogP contribution in [0.2, 0.25) is 0 Å². The average Bonchev–Trinajstić information content (AvgIpc) is 2.83. The van der Waals surface area contributed by atoms with Gasteiger partial charge in [-0.15, -0.1) is 0 Å². The third-order valence-corrected chi connectivity index (χ3v) is 6.54. The zero-order valence-corrected chi connectivity index (χ0v) is 18.4. The second-order valence-corrected chi connectivity index (χ2v) is 8.60. The third kappa shape index (κ3) is 4.92. The number of benzene rings is 2. The Labute approximate surface area is 184 Å². The van der Waals surface area contributed by atoms with E-state index in [0.717, 1.165) is 42.2 Å². The van der Waals surface area contributed by atoms with Gasteiger partial charge in [-0.05, 0) is 62.5 Å². The summed E-state index contributed by atoms with van der Waals surface area (Å²) in [6, 6.07) is 11.5. The van der Waals surface area contributed by atoms with E-state index in [4.69, 9.17) is 4.74 Å². The molecule has 2 aliphatic rings. The number of methoxy groups -OCH3 is 1. The van der Waals surface area contributed by atoms with Crippen molar-refractivity contribution in [1.82, 2.24) is 10.2 Å². The number of nitrogens with zero attached hydrogens (tertiary/aromatic N) is 1. The lowest BCUT2D eigenvalue weighted by Gasteiger charge is -2.32. The molecule has 1 aliphatic carbocycles. The molecule has 0 bridgehead atoms. The third-order valence-electron chi connectivity index (χ3n) is 6.54. The van der Waals surface area contributed by atoms with Gasteiger partial charge in [0.25, 0.3) is 5.91 Å². The smallest absolute Gasteiger partial charge is 0.254 e. The summed E-state index contributed by atoms with van der Waals surface area (Å²) in [5, 5.41) is 4.93. The fourth-order valence-corrected chi connectivity index (χ4v) is 4.80. The molecule has 0 spiro atoms. The second kappa shape index (κ2) is 9.99. The summed E-state index contributed by atoms with van der Waals surface area (Å²) >= 11 is 0. The van der Waals surface area contributed by atoms with Gasteiger partial charge in [0.1, 0.15) is 5.75 Å². The normalized spacial score (nSPS) is 19.1. The number of hydrogen-bond donors (Lipinski definition) is 1. The van der Waals surface area contributed by atoms with E-state index in [1.54, 1.807) is 7.11 Å². The minimum Gasteiger partial charge on any atom is -0.496 e. The highest BCUT2D eigenvalue weighted by Gasteiger charge is 2.29. The predicted molar refractivity (Wildman–Crippen MR) is 123 cm³/mol. The van der Waals surface area contributed by atoms with Crippen LogP contribution in [0, 0.1) is 5.92 Å². The molecule has 1 heterocycles. The maximum atomic E-state index is 13.3. The Kier molecular flexibility index (Phi) is 6.90. The lowest BCUT2D eigenvalue weighted by Crippen LogP contribution is -2.45. The van der Waals surface area contributed by atoms with Crippen molar-refractivity contribution < 1.29 is 14.3 Å². The zero-order chi connectivity index (χ0) is 21.6. The van der Waals surface area contributed by atoms with Gasteiger partial charge in [-0.25, -0.2) is 0 Å². The summed E-state index contributed by atoms with van der Waals surface area (Å²) in [4.78, 5) is 27.9. The molecule has 2 aromatic carbocycles. The number of piperidine rings is 1. The molecule has 1 fully saturated rings.